The smallest absolute Gasteiger partial charge is 0.147 e. The van der Waals surface area contributed by atoms with Crippen molar-refractivity contribution < 1.29 is 4.74 Å². The molecule has 6 nitrogen and oxygen atoms in total. The molecule has 1 unspecified atom stereocenters. The highest BCUT2D eigenvalue weighted by Gasteiger charge is 2.13. The van der Waals surface area contributed by atoms with Gasteiger partial charge >= 0.3 is 0 Å². The number of ether oxygens (including phenoxy) is 1. The lowest BCUT2D eigenvalue weighted by Gasteiger charge is -2.29. The largest absolute Gasteiger partial charge is 0.379 e. The van der Waals surface area contributed by atoms with Crippen molar-refractivity contribution in [2.75, 3.05) is 50.0 Å². The zero-order chi connectivity index (χ0) is 13.5. The standard InChI is InChI=1S/C13H23N5O/c1-3-15-12-8-14-9-13(17-12)16-11(2)10-18-4-6-19-7-5-18/h8-9,11H,3-7,10H2,1-2H3,(H2,15,16,17). The van der Waals surface area contributed by atoms with E-state index in [-0.39, 0.29) is 0 Å². The summed E-state index contributed by atoms with van der Waals surface area (Å²) in [5.74, 6) is 1.63. The van der Waals surface area contributed by atoms with Crippen LogP contribution in [0.2, 0.25) is 0 Å². The monoisotopic (exact) mass is 265 g/mol. The van der Waals surface area contributed by atoms with Gasteiger partial charge in [-0.15, -0.1) is 0 Å². The molecule has 0 aromatic carbocycles. The molecule has 2 rings (SSSR count). The highest BCUT2D eigenvalue weighted by molar-refractivity contribution is 5.41. The van der Waals surface area contributed by atoms with Crippen LogP contribution >= 0.6 is 0 Å². The molecule has 1 aliphatic rings. The SMILES string of the molecule is CCNc1cncc(NC(C)CN2CCOCC2)n1. The summed E-state index contributed by atoms with van der Waals surface area (Å²) in [6.07, 6.45) is 3.50. The van der Waals surface area contributed by atoms with Gasteiger partial charge in [-0.25, -0.2) is 4.98 Å². The maximum absolute atomic E-state index is 5.35. The minimum absolute atomic E-state index is 0.337. The van der Waals surface area contributed by atoms with Gasteiger partial charge in [-0.05, 0) is 13.8 Å². The van der Waals surface area contributed by atoms with Crippen LogP contribution in [0.1, 0.15) is 13.8 Å². The fourth-order valence-electron chi connectivity index (χ4n) is 2.17. The first-order valence-electron chi connectivity index (χ1n) is 6.90. The van der Waals surface area contributed by atoms with E-state index in [1.54, 1.807) is 12.4 Å². The van der Waals surface area contributed by atoms with Crippen LogP contribution in [0.4, 0.5) is 11.6 Å². The van der Waals surface area contributed by atoms with E-state index in [2.05, 4.69) is 32.4 Å². The van der Waals surface area contributed by atoms with E-state index < -0.39 is 0 Å². The minimum Gasteiger partial charge on any atom is -0.379 e. The molecule has 0 aliphatic carbocycles. The van der Waals surface area contributed by atoms with Crippen molar-refractivity contribution >= 4 is 11.6 Å². The van der Waals surface area contributed by atoms with Crippen LogP contribution < -0.4 is 10.6 Å². The number of nitrogens with one attached hydrogen (secondary N) is 2. The maximum Gasteiger partial charge on any atom is 0.147 e. The molecule has 1 aromatic heterocycles. The zero-order valence-corrected chi connectivity index (χ0v) is 11.7. The Hall–Kier alpha value is -1.40. The first-order chi connectivity index (χ1) is 9.28. The highest BCUT2D eigenvalue weighted by Crippen LogP contribution is 2.08. The summed E-state index contributed by atoms with van der Waals surface area (Å²) in [6, 6.07) is 0.337. The third-order valence-corrected chi connectivity index (χ3v) is 3.02. The van der Waals surface area contributed by atoms with Gasteiger partial charge in [0.15, 0.2) is 0 Å². The fourth-order valence-corrected chi connectivity index (χ4v) is 2.17. The minimum atomic E-state index is 0.337. The molecule has 6 heteroatoms. The Kier molecular flexibility index (Phi) is 5.35. The lowest BCUT2D eigenvalue weighted by Crippen LogP contribution is -2.42. The normalized spacial score (nSPS) is 18.0. The van der Waals surface area contributed by atoms with Gasteiger partial charge in [0.2, 0.25) is 0 Å². The molecule has 1 atom stereocenters. The van der Waals surface area contributed by atoms with Crippen molar-refractivity contribution in [3.05, 3.63) is 12.4 Å². The Balaban J connectivity index is 1.83. The zero-order valence-electron chi connectivity index (χ0n) is 11.7. The summed E-state index contributed by atoms with van der Waals surface area (Å²) < 4.78 is 5.35. The van der Waals surface area contributed by atoms with Gasteiger partial charge in [0, 0.05) is 32.2 Å². The van der Waals surface area contributed by atoms with E-state index in [0.29, 0.717) is 6.04 Å². The molecule has 0 saturated carbocycles. The molecular weight excluding hydrogens is 242 g/mol. The molecule has 1 aliphatic heterocycles. The summed E-state index contributed by atoms with van der Waals surface area (Å²) >= 11 is 0. The molecule has 2 heterocycles. The van der Waals surface area contributed by atoms with Gasteiger partial charge in [0.1, 0.15) is 11.6 Å². The van der Waals surface area contributed by atoms with Crippen molar-refractivity contribution in [3.63, 3.8) is 0 Å². The lowest BCUT2D eigenvalue weighted by molar-refractivity contribution is 0.0368. The number of morpholine rings is 1. The molecule has 1 aromatic rings. The van der Waals surface area contributed by atoms with E-state index in [0.717, 1.165) is 51.0 Å². The molecule has 0 radical (unpaired) electrons. The molecule has 1 fully saturated rings. The Morgan fingerprint density at radius 3 is 2.79 bits per heavy atom. The number of rotatable bonds is 6. The van der Waals surface area contributed by atoms with Gasteiger partial charge in [-0.1, -0.05) is 0 Å². The lowest BCUT2D eigenvalue weighted by atomic mass is 10.3. The van der Waals surface area contributed by atoms with Crippen LogP contribution in [0.25, 0.3) is 0 Å². The van der Waals surface area contributed by atoms with Crippen LogP contribution in [0, 0.1) is 0 Å². The van der Waals surface area contributed by atoms with Crippen molar-refractivity contribution in [2.45, 2.75) is 19.9 Å². The third-order valence-electron chi connectivity index (χ3n) is 3.02. The molecule has 0 bridgehead atoms. The van der Waals surface area contributed by atoms with Crippen LogP contribution in [0.3, 0.4) is 0 Å². The van der Waals surface area contributed by atoms with Crippen molar-refractivity contribution in [2.24, 2.45) is 0 Å². The van der Waals surface area contributed by atoms with Gasteiger partial charge in [0.05, 0.1) is 25.6 Å². The quantitative estimate of drug-likeness (QED) is 0.801. The van der Waals surface area contributed by atoms with Crippen molar-refractivity contribution in [3.8, 4) is 0 Å². The van der Waals surface area contributed by atoms with Crippen LogP contribution in [0.5, 0.6) is 0 Å². The molecule has 19 heavy (non-hydrogen) atoms. The van der Waals surface area contributed by atoms with E-state index in [9.17, 15) is 0 Å². The van der Waals surface area contributed by atoms with E-state index in [1.165, 1.54) is 0 Å². The number of nitrogens with zero attached hydrogens (tertiary/aromatic N) is 3. The fraction of sp³-hybridized carbons (Fsp3) is 0.692. The number of hydrogen-bond acceptors (Lipinski definition) is 6. The Morgan fingerprint density at radius 2 is 2.05 bits per heavy atom. The molecular formula is C13H23N5O. The van der Waals surface area contributed by atoms with Crippen LogP contribution in [-0.2, 0) is 4.74 Å². The average Bonchev–Trinajstić information content (AvgIpc) is 2.40. The number of hydrogen-bond donors (Lipinski definition) is 2. The second-order valence-corrected chi connectivity index (χ2v) is 4.78. The summed E-state index contributed by atoms with van der Waals surface area (Å²) in [5, 5.41) is 6.55. The average molecular weight is 265 g/mol. The molecule has 106 valence electrons. The molecule has 0 amide bonds. The Labute approximate surface area is 114 Å². The molecule has 0 spiro atoms. The second-order valence-electron chi connectivity index (χ2n) is 4.78. The summed E-state index contributed by atoms with van der Waals surface area (Å²) in [4.78, 5) is 11.1. The topological polar surface area (TPSA) is 62.3 Å². The van der Waals surface area contributed by atoms with E-state index >= 15 is 0 Å². The summed E-state index contributed by atoms with van der Waals surface area (Å²) in [5.41, 5.74) is 0. The van der Waals surface area contributed by atoms with Crippen molar-refractivity contribution in [1.29, 1.82) is 0 Å². The first kappa shape index (κ1) is 14.0. The van der Waals surface area contributed by atoms with Crippen molar-refractivity contribution in [1.82, 2.24) is 14.9 Å². The van der Waals surface area contributed by atoms with Gasteiger partial charge in [0.25, 0.3) is 0 Å². The summed E-state index contributed by atoms with van der Waals surface area (Å²) in [6.45, 7) is 9.74. The highest BCUT2D eigenvalue weighted by atomic mass is 16.5. The van der Waals surface area contributed by atoms with Crippen LogP contribution in [0.15, 0.2) is 12.4 Å². The Morgan fingerprint density at radius 1 is 1.32 bits per heavy atom. The van der Waals surface area contributed by atoms with E-state index in [4.69, 9.17) is 4.74 Å². The predicted octanol–water partition coefficient (Wildman–Crippen LogP) is 1.04. The predicted molar refractivity (Wildman–Crippen MR) is 76.5 cm³/mol. The van der Waals surface area contributed by atoms with Gasteiger partial charge in [-0.3, -0.25) is 9.88 Å². The first-order valence-corrected chi connectivity index (χ1v) is 6.90. The van der Waals surface area contributed by atoms with Gasteiger partial charge < -0.3 is 15.4 Å². The second kappa shape index (κ2) is 7.25. The summed E-state index contributed by atoms with van der Waals surface area (Å²) in [7, 11) is 0. The molecule has 1 saturated heterocycles. The number of anilines is 2. The van der Waals surface area contributed by atoms with Gasteiger partial charge in [-0.2, -0.15) is 0 Å². The third kappa shape index (κ3) is 4.65. The van der Waals surface area contributed by atoms with E-state index in [1.807, 2.05) is 6.92 Å². The Bertz CT molecular complexity index is 381. The van der Waals surface area contributed by atoms with Crippen LogP contribution in [-0.4, -0.2) is 60.3 Å². The number of aromatic nitrogens is 2. The maximum atomic E-state index is 5.35. The molecule has 2 N–H and O–H groups in total.